The second-order valence-corrected chi connectivity index (χ2v) is 5.18. The zero-order valence-electron chi connectivity index (χ0n) is 12.3. The van der Waals surface area contributed by atoms with Gasteiger partial charge in [0.1, 0.15) is 6.33 Å². The van der Waals surface area contributed by atoms with Crippen LogP contribution in [0.5, 0.6) is 0 Å². The molecule has 22 heavy (non-hydrogen) atoms. The number of nitrogens with zero attached hydrogens (tertiary/aromatic N) is 6. The Morgan fingerprint density at radius 2 is 1.82 bits per heavy atom. The van der Waals surface area contributed by atoms with Gasteiger partial charge < -0.3 is 0 Å². The van der Waals surface area contributed by atoms with Gasteiger partial charge in [-0.05, 0) is 19.9 Å². The highest BCUT2D eigenvalue weighted by Crippen LogP contribution is 2.21. The van der Waals surface area contributed by atoms with E-state index >= 15 is 0 Å². The molecular weight excluding hydrogens is 276 g/mol. The third-order valence-corrected chi connectivity index (χ3v) is 3.53. The molecule has 0 radical (unpaired) electrons. The van der Waals surface area contributed by atoms with E-state index in [1.54, 1.807) is 4.52 Å². The lowest BCUT2D eigenvalue weighted by molar-refractivity contribution is 0.756. The van der Waals surface area contributed by atoms with Crippen molar-refractivity contribution in [1.29, 1.82) is 0 Å². The van der Waals surface area contributed by atoms with Crippen molar-refractivity contribution in [2.75, 3.05) is 0 Å². The van der Waals surface area contributed by atoms with Crippen LogP contribution in [0.15, 0.2) is 48.8 Å². The van der Waals surface area contributed by atoms with Crippen molar-refractivity contribution in [3.05, 3.63) is 60.2 Å². The highest BCUT2D eigenvalue weighted by molar-refractivity contribution is 5.63. The van der Waals surface area contributed by atoms with Crippen molar-refractivity contribution in [2.45, 2.75) is 13.8 Å². The van der Waals surface area contributed by atoms with E-state index in [0.717, 1.165) is 28.5 Å². The van der Waals surface area contributed by atoms with Gasteiger partial charge in [0.15, 0.2) is 5.82 Å². The molecule has 3 aromatic heterocycles. The van der Waals surface area contributed by atoms with Gasteiger partial charge in [-0.15, -0.1) is 0 Å². The van der Waals surface area contributed by atoms with Crippen molar-refractivity contribution >= 4 is 5.78 Å². The van der Waals surface area contributed by atoms with Crippen LogP contribution in [-0.2, 0) is 0 Å². The van der Waals surface area contributed by atoms with E-state index in [2.05, 4.69) is 20.2 Å². The molecule has 0 bridgehead atoms. The first-order valence-corrected chi connectivity index (χ1v) is 7.02. The fourth-order valence-corrected chi connectivity index (χ4v) is 2.57. The maximum atomic E-state index is 4.58. The second kappa shape index (κ2) is 4.77. The van der Waals surface area contributed by atoms with Gasteiger partial charge in [-0.3, -0.25) is 0 Å². The zero-order chi connectivity index (χ0) is 15.1. The summed E-state index contributed by atoms with van der Waals surface area (Å²) >= 11 is 0. The average Bonchev–Trinajstić information content (AvgIpc) is 3.13. The minimum atomic E-state index is 0.559. The van der Waals surface area contributed by atoms with E-state index in [0.29, 0.717) is 5.78 Å². The summed E-state index contributed by atoms with van der Waals surface area (Å²) in [6.45, 7) is 3.99. The lowest BCUT2D eigenvalue weighted by atomic mass is 10.1. The van der Waals surface area contributed by atoms with Crippen molar-refractivity contribution in [2.24, 2.45) is 0 Å². The maximum absolute atomic E-state index is 4.58. The summed E-state index contributed by atoms with van der Waals surface area (Å²) in [5.41, 5.74) is 3.89. The molecule has 4 rings (SSSR count). The minimum Gasteiger partial charge on any atom is -0.219 e. The Hall–Kier alpha value is -3.02. The molecular formula is C16H14N6. The van der Waals surface area contributed by atoms with Crippen LogP contribution in [0.2, 0.25) is 0 Å². The molecule has 0 aliphatic heterocycles. The van der Waals surface area contributed by atoms with Gasteiger partial charge in [0.2, 0.25) is 0 Å². The Bertz CT molecular complexity index is 951. The first kappa shape index (κ1) is 12.7. The first-order chi connectivity index (χ1) is 10.7. The molecule has 6 heteroatoms. The first-order valence-electron chi connectivity index (χ1n) is 7.02. The van der Waals surface area contributed by atoms with Gasteiger partial charge >= 0.3 is 0 Å². The topological polar surface area (TPSA) is 60.9 Å². The molecule has 0 unspecified atom stereocenters. The molecule has 3 heterocycles. The Kier molecular flexibility index (Phi) is 2.75. The van der Waals surface area contributed by atoms with Crippen LogP contribution in [0.3, 0.4) is 0 Å². The number of hydrogen-bond donors (Lipinski definition) is 0. The molecule has 0 aliphatic rings. The van der Waals surface area contributed by atoms with Crippen LogP contribution in [-0.4, -0.2) is 29.4 Å². The van der Waals surface area contributed by atoms with Crippen LogP contribution in [0.25, 0.3) is 22.9 Å². The quantitative estimate of drug-likeness (QED) is 0.569. The summed E-state index contributed by atoms with van der Waals surface area (Å²) in [6.07, 6.45) is 1.51. The number of fused-ring (bicyclic) bond motifs is 1. The Morgan fingerprint density at radius 1 is 1.00 bits per heavy atom. The summed E-state index contributed by atoms with van der Waals surface area (Å²) < 4.78 is 3.57. The van der Waals surface area contributed by atoms with Crippen molar-refractivity contribution < 1.29 is 0 Å². The van der Waals surface area contributed by atoms with E-state index in [1.165, 1.54) is 6.33 Å². The van der Waals surface area contributed by atoms with Gasteiger partial charge in [0.05, 0.1) is 11.4 Å². The maximum Gasteiger partial charge on any atom is 0.254 e. The minimum absolute atomic E-state index is 0.559. The largest absolute Gasteiger partial charge is 0.254 e. The molecule has 108 valence electrons. The average molecular weight is 290 g/mol. The summed E-state index contributed by atoms with van der Waals surface area (Å²) in [6, 6.07) is 14.0. The highest BCUT2D eigenvalue weighted by atomic mass is 15.4. The van der Waals surface area contributed by atoms with E-state index < -0.39 is 0 Å². The van der Waals surface area contributed by atoms with Crippen molar-refractivity contribution in [3.8, 4) is 17.1 Å². The third-order valence-electron chi connectivity index (χ3n) is 3.53. The smallest absolute Gasteiger partial charge is 0.219 e. The van der Waals surface area contributed by atoms with Crippen molar-refractivity contribution in [1.82, 2.24) is 29.4 Å². The summed E-state index contributed by atoms with van der Waals surface area (Å²) in [4.78, 5) is 8.80. The van der Waals surface area contributed by atoms with E-state index in [4.69, 9.17) is 0 Å². The third kappa shape index (κ3) is 1.96. The fourth-order valence-electron chi connectivity index (χ4n) is 2.57. The number of aromatic nitrogens is 6. The summed E-state index contributed by atoms with van der Waals surface area (Å²) in [5.74, 6) is 1.39. The van der Waals surface area contributed by atoms with Crippen LogP contribution >= 0.6 is 0 Å². The van der Waals surface area contributed by atoms with Gasteiger partial charge in [0.25, 0.3) is 5.78 Å². The molecule has 0 atom stereocenters. The Morgan fingerprint density at radius 3 is 2.55 bits per heavy atom. The molecule has 0 fully saturated rings. The molecule has 0 aliphatic carbocycles. The Balaban J connectivity index is 2.01. The van der Waals surface area contributed by atoms with Gasteiger partial charge in [-0.25, -0.2) is 9.67 Å². The van der Waals surface area contributed by atoms with Gasteiger partial charge in [-0.2, -0.15) is 19.7 Å². The van der Waals surface area contributed by atoms with Gasteiger partial charge in [-0.1, -0.05) is 30.3 Å². The standard InChI is InChI=1S/C16H14N6/c1-11-8-12(2)21(20-11)15-9-14(13-6-4-3-5-7-13)19-16-17-10-18-22(15)16/h3-10H,1-2H3. The molecule has 0 spiro atoms. The normalized spacial score (nSPS) is 11.2. The van der Waals surface area contributed by atoms with Crippen LogP contribution in [0, 0.1) is 13.8 Å². The summed E-state index contributed by atoms with van der Waals surface area (Å²) in [5, 5.41) is 8.81. The molecule has 0 N–H and O–H groups in total. The zero-order valence-corrected chi connectivity index (χ0v) is 12.3. The van der Waals surface area contributed by atoms with E-state index in [1.807, 2.05) is 61.0 Å². The molecule has 1 aromatic carbocycles. The number of rotatable bonds is 2. The molecule has 4 aromatic rings. The molecule has 6 nitrogen and oxygen atoms in total. The van der Waals surface area contributed by atoms with E-state index in [-0.39, 0.29) is 0 Å². The SMILES string of the molecule is Cc1cc(C)n(-c2cc(-c3ccccc3)nc3ncnn23)n1. The lowest BCUT2D eigenvalue weighted by Crippen LogP contribution is -2.08. The van der Waals surface area contributed by atoms with Crippen LogP contribution in [0.4, 0.5) is 0 Å². The number of hydrogen-bond acceptors (Lipinski definition) is 4. The number of aryl methyl sites for hydroxylation is 2. The van der Waals surface area contributed by atoms with Crippen molar-refractivity contribution in [3.63, 3.8) is 0 Å². The highest BCUT2D eigenvalue weighted by Gasteiger charge is 2.13. The second-order valence-electron chi connectivity index (χ2n) is 5.18. The van der Waals surface area contributed by atoms with E-state index in [9.17, 15) is 0 Å². The number of benzene rings is 1. The molecule has 0 amide bonds. The van der Waals surface area contributed by atoms with Crippen LogP contribution < -0.4 is 0 Å². The predicted octanol–water partition coefficient (Wildman–Crippen LogP) is 2.59. The molecule has 0 saturated heterocycles. The monoisotopic (exact) mass is 290 g/mol. The molecule has 0 saturated carbocycles. The van der Waals surface area contributed by atoms with Crippen LogP contribution in [0.1, 0.15) is 11.4 Å². The Labute approximate surface area is 127 Å². The van der Waals surface area contributed by atoms with Gasteiger partial charge in [0, 0.05) is 17.3 Å². The summed E-state index contributed by atoms with van der Waals surface area (Å²) in [7, 11) is 0. The fraction of sp³-hybridized carbons (Fsp3) is 0.125. The lowest BCUT2D eigenvalue weighted by Gasteiger charge is -2.09. The predicted molar refractivity (Wildman–Crippen MR) is 82.8 cm³/mol.